The Morgan fingerprint density at radius 3 is 2.75 bits per heavy atom. The zero-order chi connectivity index (χ0) is 12.3. The largest absolute Gasteiger partial charge is 0.480 e. The van der Waals surface area contributed by atoms with Gasteiger partial charge in [0.1, 0.15) is 19.1 Å². The Balaban J connectivity index is 2.63. The quantitative estimate of drug-likeness (QED) is 0.479. The van der Waals surface area contributed by atoms with E-state index in [0.29, 0.717) is 0 Å². The lowest BCUT2D eigenvalue weighted by Gasteiger charge is -2.31. The third-order valence-corrected chi connectivity index (χ3v) is 2.08. The van der Waals surface area contributed by atoms with Gasteiger partial charge in [0.2, 0.25) is 11.8 Å². The van der Waals surface area contributed by atoms with E-state index in [4.69, 9.17) is 5.11 Å². The molecular weight excluding hydrogens is 218 g/mol. The molecule has 8 nitrogen and oxygen atoms in total. The maximum absolute atomic E-state index is 11.4. The van der Waals surface area contributed by atoms with E-state index in [1.165, 1.54) is 6.92 Å². The van der Waals surface area contributed by atoms with E-state index in [0.717, 1.165) is 4.90 Å². The molecule has 1 unspecified atom stereocenters. The van der Waals surface area contributed by atoms with E-state index in [2.05, 4.69) is 10.6 Å². The third kappa shape index (κ3) is 2.69. The Bertz CT molecular complexity index is 354. The molecule has 0 aromatic heterocycles. The second-order valence-electron chi connectivity index (χ2n) is 3.27. The number of rotatable bonds is 2. The van der Waals surface area contributed by atoms with Crippen molar-refractivity contribution >= 4 is 23.8 Å². The summed E-state index contributed by atoms with van der Waals surface area (Å²) in [6.45, 7) is 0.623. The van der Waals surface area contributed by atoms with Gasteiger partial charge in [0.05, 0.1) is 0 Å². The number of hydrogen-bond acceptors (Lipinski definition) is 4. The first-order chi connectivity index (χ1) is 7.41. The number of aliphatic carboxylic acids is 1. The molecule has 1 aliphatic heterocycles. The highest BCUT2D eigenvalue weighted by molar-refractivity contribution is 6.04. The van der Waals surface area contributed by atoms with Crippen molar-refractivity contribution in [2.45, 2.75) is 13.0 Å². The van der Waals surface area contributed by atoms with Gasteiger partial charge in [-0.1, -0.05) is 0 Å². The monoisotopic (exact) mass is 229 g/mol. The first kappa shape index (κ1) is 12.0. The minimum absolute atomic E-state index is 0.266. The molecule has 1 atom stereocenters. The van der Waals surface area contributed by atoms with Crippen LogP contribution < -0.4 is 10.6 Å². The molecule has 4 amide bonds. The van der Waals surface area contributed by atoms with Crippen LogP contribution in [0.5, 0.6) is 0 Å². The summed E-state index contributed by atoms with van der Waals surface area (Å²) in [7, 11) is 0. The number of hydrogen-bond donors (Lipinski definition) is 3. The van der Waals surface area contributed by atoms with Gasteiger partial charge in [-0.15, -0.1) is 0 Å². The van der Waals surface area contributed by atoms with Gasteiger partial charge in [-0.3, -0.25) is 19.7 Å². The number of nitrogens with one attached hydrogen (secondary N) is 2. The fourth-order valence-corrected chi connectivity index (χ4v) is 1.22. The van der Waals surface area contributed by atoms with E-state index in [1.807, 2.05) is 0 Å². The van der Waals surface area contributed by atoms with Crippen molar-refractivity contribution in [3.63, 3.8) is 0 Å². The van der Waals surface area contributed by atoms with E-state index < -0.39 is 36.4 Å². The first-order valence-corrected chi connectivity index (χ1v) is 4.51. The highest BCUT2D eigenvalue weighted by Gasteiger charge is 2.33. The molecule has 0 aliphatic carbocycles. The maximum atomic E-state index is 11.4. The number of amides is 4. The second kappa shape index (κ2) is 4.60. The lowest BCUT2D eigenvalue weighted by molar-refractivity contribution is -0.137. The molecular formula is C8H11N3O5. The van der Waals surface area contributed by atoms with E-state index in [-0.39, 0.29) is 6.54 Å². The molecule has 0 bridgehead atoms. The van der Waals surface area contributed by atoms with Crippen LogP contribution in [0, 0.1) is 0 Å². The summed E-state index contributed by atoms with van der Waals surface area (Å²) in [6.07, 6.45) is 0. The Labute approximate surface area is 90.6 Å². The molecule has 0 aromatic carbocycles. The molecule has 1 heterocycles. The first-order valence-electron chi connectivity index (χ1n) is 4.51. The van der Waals surface area contributed by atoms with Crippen LogP contribution >= 0.6 is 0 Å². The van der Waals surface area contributed by atoms with Gasteiger partial charge < -0.3 is 15.3 Å². The molecule has 0 saturated carbocycles. The molecule has 16 heavy (non-hydrogen) atoms. The topological polar surface area (TPSA) is 116 Å². The maximum Gasteiger partial charge on any atom is 0.323 e. The van der Waals surface area contributed by atoms with E-state index in [1.54, 1.807) is 0 Å². The molecule has 88 valence electrons. The summed E-state index contributed by atoms with van der Waals surface area (Å²) in [6, 6.07) is -1.55. The number of carboxylic acid groups (broad SMARTS) is 1. The summed E-state index contributed by atoms with van der Waals surface area (Å²) in [5, 5.41) is 12.5. The number of carbonyl (C=O) groups excluding carboxylic acids is 3. The predicted octanol–water partition coefficient (Wildman–Crippen LogP) is -1.87. The number of carbonyl (C=O) groups is 4. The van der Waals surface area contributed by atoms with Gasteiger partial charge in [0, 0.05) is 0 Å². The standard InChI is InChI=1S/C8H11N3O5/c1-4-7(15)10-5(12)3-11(4)8(16)9-2-6(13)14/h4H,2-3H2,1H3,(H,9,16)(H,13,14)(H,10,12,15). The number of piperazine rings is 1. The Hall–Kier alpha value is -2.12. The van der Waals surface area contributed by atoms with Gasteiger partial charge in [0.15, 0.2) is 0 Å². The SMILES string of the molecule is CC1C(=O)NC(=O)CN1C(=O)NCC(=O)O. The Morgan fingerprint density at radius 1 is 1.56 bits per heavy atom. The van der Waals surface area contributed by atoms with Gasteiger partial charge in [0.25, 0.3) is 0 Å². The molecule has 0 aromatic rings. The Kier molecular flexibility index (Phi) is 3.44. The van der Waals surface area contributed by atoms with Crippen LogP contribution in [0.15, 0.2) is 0 Å². The average molecular weight is 229 g/mol. The van der Waals surface area contributed by atoms with Crippen molar-refractivity contribution in [2.24, 2.45) is 0 Å². The summed E-state index contributed by atoms with van der Waals surface area (Å²) in [5.74, 6) is -2.37. The minimum atomic E-state index is -1.20. The van der Waals surface area contributed by atoms with Crippen LogP contribution in [0.2, 0.25) is 0 Å². The van der Waals surface area contributed by atoms with Crippen LogP contribution in [0.4, 0.5) is 4.79 Å². The average Bonchev–Trinajstić information content (AvgIpc) is 2.19. The van der Waals surface area contributed by atoms with Crippen LogP contribution in [-0.4, -0.2) is 53.0 Å². The van der Waals surface area contributed by atoms with Crippen LogP contribution in [-0.2, 0) is 14.4 Å². The van der Waals surface area contributed by atoms with Crippen molar-refractivity contribution in [1.82, 2.24) is 15.5 Å². The number of carboxylic acids is 1. The minimum Gasteiger partial charge on any atom is -0.480 e. The highest BCUT2D eigenvalue weighted by Crippen LogP contribution is 2.04. The van der Waals surface area contributed by atoms with Crippen LogP contribution in [0.3, 0.4) is 0 Å². The van der Waals surface area contributed by atoms with Gasteiger partial charge in [-0.25, -0.2) is 4.79 Å². The molecule has 8 heteroatoms. The molecule has 3 N–H and O–H groups in total. The predicted molar refractivity (Wildman–Crippen MR) is 50.4 cm³/mol. The van der Waals surface area contributed by atoms with E-state index in [9.17, 15) is 19.2 Å². The Morgan fingerprint density at radius 2 is 2.19 bits per heavy atom. The van der Waals surface area contributed by atoms with Crippen LogP contribution in [0.1, 0.15) is 6.92 Å². The van der Waals surface area contributed by atoms with Crippen molar-refractivity contribution in [3.8, 4) is 0 Å². The molecule has 1 aliphatic rings. The summed E-state index contributed by atoms with van der Waals surface area (Å²) in [5.41, 5.74) is 0. The lowest BCUT2D eigenvalue weighted by atomic mass is 10.2. The van der Waals surface area contributed by atoms with E-state index >= 15 is 0 Å². The van der Waals surface area contributed by atoms with Gasteiger partial charge in [-0.2, -0.15) is 0 Å². The molecule has 1 saturated heterocycles. The molecule has 1 rings (SSSR count). The lowest BCUT2D eigenvalue weighted by Crippen LogP contribution is -2.60. The molecule has 0 spiro atoms. The summed E-state index contributed by atoms with van der Waals surface area (Å²) < 4.78 is 0. The zero-order valence-electron chi connectivity index (χ0n) is 8.52. The summed E-state index contributed by atoms with van der Waals surface area (Å²) in [4.78, 5) is 44.8. The summed E-state index contributed by atoms with van der Waals surface area (Å²) >= 11 is 0. The number of nitrogens with zero attached hydrogens (tertiary/aromatic N) is 1. The number of imide groups is 1. The fraction of sp³-hybridized carbons (Fsp3) is 0.500. The fourth-order valence-electron chi connectivity index (χ4n) is 1.22. The molecule has 1 fully saturated rings. The number of urea groups is 1. The van der Waals surface area contributed by atoms with Crippen molar-refractivity contribution in [1.29, 1.82) is 0 Å². The van der Waals surface area contributed by atoms with Crippen molar-refractivity contribution < 1.29 is 24.3 Å². The van der Waals surface area contributed by atoms with Gasteiger partial charge in [-0.05, 0) is 6.92 Å². The normalized spacial score (nSPS) is 20.3. The van der Waals surface area contributed by atoms with Crippen molar-refractivity contribution in [3.05, 3.63) is 0 Å². The smallest absolute Gasteiger partial charge is 0.323 e. The zero-order valence-corrected chi connectivity index (χ0v) is 8.52. The van der Waals surface area contributed by atoms with Crippen LogP contribution in [0.25, 0.3) is 0 Å². The highest BCUT2D eigenvalue weighted by atomic mass is 16.4. The van der Waals surface area contributed by atoms with Gasteiger partial charge >= 0.3 is 12.0 Å². The molecule has 0 radical (unpaired) electrons. The third-order valence-electron chi connectivity index (χ3n) is 2.08. The van der Waals surface area contributed by atoms with Crippen molar-refractivity contribution in [2.75, 3.05) is 13.1 Å². The second-order valence-corrected chi connectivity index (χ2v) is 3.27.